The highest BCUT2D eigenvalue weighted by atomic mass is 79.9. The van der Waals surface area contributed by atoms with Crippen molar-refractivity contribution in [2.75, 3.05) is 11.4 Å². The molecule has 0 saturated carbocycles. The zero-order valence-electron chi connectivity index (χ0n) is 8.01. The largest absolute Gasteiger partial charge is 0.310 e. The van der Waals surface area contributed by atoms with Crippen molar-refractivity contribution in [1.82, 2.24) is 0 Å². The van der Waals surface area contributed by atoms with Crippen LogP contribution < -0.4 is 4.90 Å². The lowest BCUT2D eigenvalue weighted by Gasteiger charge is -2.18. The molecule has 2 nitrogen and oxygen atoms in total. The summed E-state index contributed by atoms with van der Waals surface area (Å²) in [5, 5.41) is 0. The quantitative estimate of drug-likeness (QED) is 0.560. The number of amides is 1. The normalized spacial score (nSPS) is 20.6. The van der Waals surface area contributed by atoms with E-state index in [-0.39, 0.29) is 15.2 Å². The molecule has 1 aliphatic heterocycles. The van der Waals surface area contributed by atoms with E-state index in [2.05, 4.69) is 31.9 Å². The molecule has 1 aliphatic rings. The van der Waals surface area contributed by atoms with Gasteiger partial charge < -0.3 is 4.90 Å². The fraction of sp³-hybridized carbons (Fsp3) is 0.300. The smallest absolute Gasteiger partial charge is 0.228 e. The zero-order valence-corrected chi connectivity index (χ0v) is 11.2. The Hall–Kier alpha value is -0.490. The van der Waals surface area contributed by atoms with Crippen molar-refractivity contribution in [2.45, 2.75) is 11.2 Å². The molecule has 0 aromatic heterocycles. The summed E-state index contributed by atoms with van der Waals surface area (Å²) in [6.07, 6.45) is 0.367. The summed E-state index contributed by atoms with van der Waals surface area (Å²) in [4.78, 5) is 13.1. The molecule has 1 fully saturated rings. The van der Waals surface area contributed by atoms with Gasteiger partial charge in [0, 0.05) is 17.8 Å². The average Bonchev–Trinajstić information content (AvgIpc) is 2.55. The van der Waals surface area contributed by atoms with Gasteiger partial charge in [-0.05, 0) is 28.1 Å². The Morgan fingerprint density at radius 3 is 2.62 bits per heavy atom. The molecular weight excluding hydrogens is 348 g/mol. The highest BCUT2D eigenvalue weighted by Gasteiger charge is 2.30. The number of nitrogens with zero attached hydrogens (tertiary/aromatic N) is 1. The second-order valence-corrected chi connectivity index (χ2v) is 5.59. The Balaban J connectivity index is 2.42. The van der Waals surface area contributed by atoms with Gasteiger partial charge in [0.2, 0.25) is 5.91 Å². The van der Waals surface area contributed by atoms with Gasteiger partial charge in [-0.1, -0.05) is 15.9 Å². The lowest BCUT2D eigenvalue weighted by molar-refractivity contribution is -0.117. The summed E-state index contributed by atoms with van der Waals surface area (Å²) in [7, 11) is 0. The molecule has 1 saturated heterocycles. The average molecular weight is 355 g/mol. The summed E-state index contributed by atoms with van der Waals surface area (Å²) in [6.45, 7) is 0.461. The molecule has 1 heterocycles. The number of rotatable bonds is 1. The number of anilines is 1. The second-order valence-electron chi connectivity index (χ2n) is 3.50. The van der Waals surface area contributed by atoms with E-state index < -0.39 is 11.6 Å². The minimum atomic E-state index is -0.969. The standard InChI is InChI=1S/C10H7Br2F2NO/c11-5-3-8(16)15(4-5)7-2-1-6(13)10(14)9(7)12/h1-2,5H,3-4H2. The molecule has 1 amide bonds. The van der Waals surface area contributed by atoms with Gasteiger partial charge in [0.1, 0.15) is 0 Å². The summed E-state index contributed by atoms with van der Waals surface area (Å²) in [5.41, 5.74) is 0.367. The molecule has 0 aliphatic carbocycles. The first-order valence-corrected chi connectivity index (χ1v) is 6.29. The van der Waals surface area contributed by atoms with Crippen LogP contribution in [0.3, 0.4) is 0 Å². The molecule has 2 rings (SSSR count). The Labute approximate surface area is 108 Å². The maximum absolute atomic E-state index is 13.3. The molecule has 0 radical (unpaired) electrons. The van der Waals surface area contributed by atoms with Gasteiger partial charge in [0.15, 0.2) is 11.6 Å². The first-order valence-electron chi connectivity index (χ1n) is 4.58. The predicted octanol–water partition coefficient (Wildman–Crippen LogP) is 3.23. The first kappa shape index (κ1) is 12.0. The van der Waals surface area contributed by atoms with Crippen molar-refractivity contribution < 1.29 is 13.6 Å². The molecule has 1 unspecified atom stereocenters. The Morgan fingerprint density at radius 2 is 2.06 bits per heavy atom. The van der Waals surface area contributed by atoms with E-state index in [0.29, 0.717) is 18.7 Å². The maximum Gasteiger partial charge on any atom is 0.228 e. The fourth-order valence-electron chi connectivity index (χ4n) is 1.62. The fourth-order valence-corrected chi connectivity index (χ4v) is 2.72. The van der Waals surface area contributed by atoms with E-state index >= 15 is 0 Å². The van der Waals surface area contributed by atoms with Gasteiger partial charge in [0.25, 0.3) is 0 Å². The van der Waals surface area contributed by atoms with Crippen molar-refractivity contribution in [3.8, 4) is 0 Å². The molecule has 1 aromatic carbocycles. The van der Waals surface area contributed by atoms with E-state index in [4.69, 9.17) is 0 Å². The van der Waals surface area contributed by atoms with Gasteiger partial charge in [-0.2, -0.15) is 0 Å². The zero-order chi connectivity index (χ0) is 11.9. The van der Waals surface area contributed by atoms with E-state index in [9.17, 15) is 13.6 Å². The lowest BCUT2D eigenvalue weighted by atomic mass is 10.3. The van der Waals surface area contributed by atoms with Crippen molar-refractivity contribution >= 4 is 43.5 Å². The van der Waals surface area contributed by atoms with Crippen LogP contribution in [0.4, 0.5) is 14.5 Å². The molecule has 6 heteroatoms. The van der Waals surface area contributed by atoms with Gasteiger partial charge in [-0.15, -0.1) is 0 Å². The predicted molar refractivity (Wildman–Crippen MR) is 63.7 cm³/mol. The van der Waals surface area contributed by atoms with Crippen molar-refractivity contribution in [2.24, 2.45) is 0 Å². The molecule has 86 valence electrons. The van der Waals surface area contributed by atoms with Crippen molar-refractivity contribution in [3.63, 3.8) is 0 Å². The molecule has 0 bridgehead atoms. The number of hydrogen-bond acceptors (Lipinski definition) is 1. The van der Waals surface area contributed by atoms with Gasteiger partial charge in [-0.3, -0.25) is 4.79 Å². The summed E-state index contributed by atoms with van der Waals surface area (Å²) in [6, 6.07) is 2.41. The summed E-state index contributed by atoms with van der Waals surface area (Å²) < 4.78 is 26.2. The third-order valence-electron chi connectivity index (χ3n) is 2.38. The number of halogens is 4. The van der Waals surface area contributed by atoms with Crippen LogP contribution >= 0.6 is 31.9 Å². The highest BCUT2D eigenvalue weighted by Crippen LogP contribution is 2.34. The van der Waals surface area contributed by atoms with Crippen molar-refractivity contribution in [1.29, 1.82) is 0 Å². The molecule has 0 N–H and O–H groups in total. The first-order chi connectivity index (χ1) is 7.50. The van der Waals surface area contributed by atoms with E-state index in [0.717, 1.165) is 6.07 Å². The van der Waals surface area contributed by atoms with Crippen molar-refractivity contribution in [3.05, 3.63) is 28.2 Å². The van der Waals surface area contributed by atoms with E-state index in [1.807, 2.05) is 0 Å². The molecular formula is C10H7Br2F2NO. The highest BCUT2D eigenvalue weighted by molar-refractivity contribution is 9.10. The lowest BCUT2D eigenvalue weighted by Crippen LogP contribution is -2.25. The van der Waals surface area contributed by atoms with E-state index in [1.165, 1.54) is 11.0 Å². The summed E-state index contributed by atoms with van der Waals surface area (Å²) >= 11 is 6.29. The Morgan fingerprint density at radius 1 is 1.38 bits per heavy atom. The molecule has 16 heavy (non-hydrogen) atoms. The molecule has 0 spiro atoms. The number of carbonyl (C=O) groups excluding carboxylic acids is 1. The number of alkyl halides is 1. The van der Waals surface area contributed by atoms with Gasteiger partial charge >= 0.3 is 0 Å². The van der Waals surface area contributed by atoms with Crippen LogP contribution in [0, 0.1) is 11.6 Å². The second kappa shape index (κ2) is 4.41. The number of hydrogen-bond donors (Lipinski definition) is 0. The van der Waals surface area contributed by atoms with Crippen LogP contribution in [0.2, 0.25) is 0 Å². The van der Waals surface area contributed by atoms with Crippen LogP contribution in [0.15, 0.2) is 16.6 Å². The maximum atomic E-state index is 13.3. The minimum Gasteiger partial charge on any atom is -0.310 e. The topological polar surface area (TPSA) is 20.3 Å². The van der Waals surface area contributed by atoms with Crippen LogP contribution in [0.1, 0.15) is 6.42 Å². The number of carbonyl (C=O) groups is 1. The Kier molecular flexibility index (Phi) is 3.30. The number of benzene rings is 1. The third-order valence-corrected chi connectivity index (χ3v) is 3.75. The SMILES string of the molecule is O=C1CC(Br)CN1c1ccc(F)c(F)c1Br. The van der Waals surface area contributed by atoms with Gasteiger partial charge in [0.05, 0.1) is 10.2 Å². The van der Waals surface area contributed by atoms with Crippen LogP contribution in [0.5, 0.6) is 0 Å². The van der Waals surface area contributed by atoms with Crippen LogP contribution in [0.25, 0.3) is 0 Å². The third kappa shape index (κ3) is 2.00. The Bertz CT molecular complexity index is 453. The van der Waals surface area contributed by atoms with E-state index in [1.54, 1.807) is 0 Å². The molecule has 1 aromatic rings. The van der Waals surface area contributed by atoms with Gasteiger partial charge in [-0.25, -0.2) is 8.78 Å². The van der Waals surface area contributed by atoms with Crippen LogP contribution in [-0.2, 0) is 4.79 Å². The van der Waals surface area contributed by atoms with Crippen LogP contribution in [-0.4, -0.2) is 17.3 Å². The minimum absolute atomic E-state index is 0.0116. The monoisotopic (exact) mass is 353 g/mol. The molecule has 1 atom stereocenters. The summed E-state index contributed by atoms with van der Waals surface area (Å²) in [5.74, 6) is -2.01.